The highest BCUT2D eigenvalue weighted by Gasteiger charge is 2.12. The average molecular weight is 221 g/mol. The van der Waals surface area contributed by atoms with Crippen LogP contribution in [0.25, 0.3) is 0 Å². The molecule has 0 fully saturated rings. The lowest BCUT2D eigenvalue weighted by Crippen LogP contribution is -2.30. The molecule has 1 N–H and O–H groups in total. The van der Waals surface area contributed by atoms with Crippen molar-refractivity contribution in [1.82, 2.24) is 4.90 Å². The van der Waals surface area contributed by atoms with Crippen LogP contribution < -0.4 is 0 Å². The third-order valence-corrected chi connectivity index (χ3v) is 2.31. The van der Waals surface area contributed by atoms with Gasteiger partial charge in [0.2, 0.25) is 5.91 Å². The zero-order chi connectivity index (χ0) is 12.0. The van der Waals surface area contributed by atoms with Crippen molar-refractivity contribution in [3.8, 4) is 0 Å². The van der Waals surface area contributed by atoms with Gasteiger partial charge in [0.1, 0.15) is 6.42 Å². The highest BCUT2D eigenvalue weighted by molar-refractivity contribution is 5.93. The monoisotopic (exact) mass is 221 g/mol. The highest BCUT2D eigenvalue weighted by atomic mass is 16.4. The summed E-state index contributed by atoms with van der Waals surface area (Å²) in [6, 6.07) is 9.77. The van der Waals surface area contributed by atoms with Crippen LogP contribution in [0.2, 0.25) is 0 Å². The number of hydrogen-bond donors (Lipinski definition) is 1. The molecule has 1 aromatic carbocycles. The number of carboxylic acids is 1. The smallest absolute Gasteiger partial charge is 0.312 e. The van der Waals surface area contributed by atoms with E-state index in [1.54, 1.807) is 7.05 Å². The fourth-order valence-electron chi connectivity index (χ4n) is 1.33. The van der Waals surface area contributed by atoms with Gasteiger partial charge in [0, 0.05) is 13.6 Å². The van der Waals surface area contributed by atoms with Crippen LogP contribution in [0.5, 0.6) is 0 Å². The second-order valence-corrected chi connectivity index (χ2v) is 3.62. The van der Waals surface area contributed by atoms with Crippen LogP contribution in [-0.2, 0) is 16.0 Å². The number of likely N-dealkylation sites (N-methyl/N-ethyl adjacent to an activating group) is 1. The van der Waals surface area contributed by atoms with E-state index in [0.717, 1.165) is 12.0 Å². The molecular formula is C12H15NO3. The third kappa shape index (κ3) is 4.13. The maximum Gasteiger partial charge on any atom is 0.312 e. The van der Waals surface area contributed by atoms with Crippen LogP contribution in [0.3, 0.4) is 0 Å². The summed E-state index contributed by atoms with van der Waals surface area (Å²) >= 11 is 0. The maximum atomic E-state index is 11.3. The van der Waals surface area contributed by atoms with Gasteiger partial charge in [0.15, 0.2) is 0 Å². The molecule has 4 heteroatoms. The first kappa shape index (κ1) is 12.2. The van der Waals surface area contributed by atoms with Crippen LogP contribution in [0.1, 0.15) is 12.0 Å². The van der Waals surface area contributed by atoms with Crippen molar-refractivity contribution in [3.63, 3.8) is 0 Å². The van der Waals surface area contributed by atoms with Crippen molar-refractivity contribution in [2.75, 3.05) is 13.6 Å². The summed E-state index contributed by atoms with van der Waals surface area (Å²) in [5.74, 6) is -1.44. The summed E-state index contributed by atoms with van der Waals surface area (Å²) in [5.41, 5.74) is 1.14. The van der Waals surface area contributed by atoms with Crippen LogP contribution in [0, 0.1) is 0 Å². The van der Waals surface area contributed by atoms with E-state index in [-0.39, 0.29) is 5.91 Å². The molecule has 1 amide bonds. The Morgan fingerprint density at radius 2 is 1.88 bits per heavy atom. The van der Waals surface area contributed by atoms with Gasteiger partial charge < -0.3 is 10.0 Å². The van der Waals surface area contributed by atoms with E-state index in [1.165, 1.54) is 4.90 Å². The summed E-state index contributed by atoms with van der Waals surface area (Å²) in [6.45, 7) is 0.538. The summed E-state index contributed by atoms with van der Waals surface area (Å²) in [6.07, 6.45) is 0.300. The van der Waals surface area contributed by atoms with Gasteiger partial charge in [-0.1, -0.05) is 30.3 Å². The van der Waals surface area contributed by atoms with Crippen molar-refractivity contribution >= 4 is 11.9 Å². The minimum Gasteiger partial charge on any atom is -0.481 e. The minimum atomic E-state index is -1.09. The average Bonchev–Trinajstić information content (AvgIpc) is 2.26. The van der Waals surface area contributed by atoms with E-state index in [1.807, 2.05) is 30.3 Å². The Morgan fingerprint density at radius 1 is 1.25 bits per heavy atom. The standard InChI is InChI=1S/C12H15NO3/c1-13(11(14)9-12(15)16)8-7-10-5-3-2-4-6-10/h2-6H,7-9H2,1H3,(H,15,16). The molecule has 16 heavy (non-hydrogen) atoms. The zero-order valence-corrected chi connectivity index (χ0v) is 9.22. The normalized spacial score (nSPS) is 9.81. The first-order valence-corrected chi connectivity index (χ1v) is 5.09. The quantitative estimate of drug-likeness (QED) is 0.759. The van der Waals surface area contributed by atoms with Crippen LogP contribution in [0.4, 0.5) is 0 Å². The van der Waals surface area contributed by atoms with Crippen molar-refractivity contribution in [1.29, 1.82) is 0 Å². The zero-order valence-electron chi connectivity index (χ0n) is 9.22. The molecule has 1 aromatic rings. The molecule has 0 radical (unpaired) electrons. The fraction of sp³-hybridized carbons (Fsp3) is 0.333. The number of aliphatic carboxylic acids is 1. The van der Waals surface area contributed by atoms with Gasteiger partial charge in [-0.15, -0.1) is 0 Å². The SMILES string of the molecule is CN(CCc1ccccc1)C(=O)CC(=O)O. The number of hydrogen-bond acceptors (Lipinski definition) is 2. The van der Waals surface area contributed by atoms with Crippen molar-refractivity contribution in [2.45, 2.75) is 12.8 Å². The van der Waals surface area contributed by atoms with Crippen LogP contribution in [-0.4, -0.2) is 35.5 Å². The Labute approximate surface area is 94.5 Å². The maximum absolute atomic E-state index is 11.3. The number of carbonyl (C=O) groups is 2. The van der Waals surface area contributed by atoms with Crippen molar-refractivity contribution < 1.29 is 14.7 Å². The van der Waals surface area contributed by atoms with Crippen molar-refractivity contribution in [3.05, 3.63) is 35.9 Å². The van der Waals surface area contributed by atoms with Crippen LogP contribution in [0.15, 0.2) is 30.3 Å². The number of amides is 1. The Kier molecular flexibility index (Phi) is 4.51. The first-order valence-electron chi connectivity index (χ1n) is 5.09. The molecule has 0 aliphatic rings. The molecule has 0 unspecified atom stereocenters. The number of benzene rings is 1. The molecule has 1 rings (SSSR count). The topological polar surface area (TPSA) is 57.6 Å². The molecule has 0 aliphatic heterocycles. The summed E-state index contributed by atoms with van der Waals surface area (Å²) in [5, 5.41) is 8.47. The lowest BCUT2D eigenvalue weighted by Gasteiger charge is -2.15. The molecule has 0 aliphatic carbocycles. The molecule has 4 nitrogen and oxygen atoms in total. The van der Waals surface area contributed by atoms with E-state index < -0.39 is 12.4 Å². The summed E-state index contributed by atoms with van der Waals surface area (Å²) < 4.78 is 0. The molecule has 86 valence electrons. The predicted octanol–water partition coefficient (Wildman–Crippen LogP) is 1.16. The van der Waals surface area contributed by atoms with Gasteiger partial charge in [0.05, 0.1) is 0 Å². The Balaban J connectivity index is 2.38. The molecule has 0 saturated heterocycles. The van der Waals surface area contributed by atoms with Crippen molar-refractivity contribution in [2.24, 2.45) is 0 Å². The highest BCUT2D eigenvalue weighted by Crippen LogP contribution is 2.01. The first-order chi connectivity index (χ1) is 7.59. The minimum absolute atomic E-state index is 0.358. The lowest BCUT2D eigenvalue weighted by molar-refractivity contribution is -0.143. The lowest BCUT2D eigenvalue weighted by atomic mass is 10.1. The van der Waals surface area contributed by atoms with E-state index >= 15 is 0 Å². The van der Waals surface area contributed by atoms with Gasteiger partial charge in [0.25, 0.3) is 0 Å². The molecule has 0 aromatic heterocycles. The molecule has 0 heterocycles. The Hall–Kier alpha value is -1.84. The number of carboxylic acid groups (broad SMARTS) is 1. The van der Waals surface area contributed by atoms with Gasteiger partial charge in [-0.3, -0.25) is 9.59 Å². The summed E-state index contributed by atoms with van der Waals surface area (Å²) in [4.78, 5) is 23.1. The van der Waals surface area contributed by atoms with E-state index in [9.17, 15) is 9.59 Å². The molecule has 0 atom stereocenters. The number of carbonyl (C=O) groups excluding carboxylic acids is 1. The second kappa shape index (κ2) is 5.90. The van der Waals surface area contributed by atoms with Gasteiger partial charge in [-0.2, -0.15) is 0 Å². The van der Waals surface area contributed by atoms with E-state index in [0.29, 0.717) is 6.54 Å². The fourth-order valence-corrected chi connectivity index (χ4v) is 1.33. The van der Waals surface area contributed by atoms with Gasteiger partial charge in [-0.25, -0.2) is 0 Å². The molecule has 0 spiro atoms. The van der Waals surface area contributed by atoms with Crippen LogP contribution >= 0.6 is 0 Å². The molecule has 0 bridgehead atoms. The Morgan fingerprint density at radius 3 is 2.44 bits per heavy atom. The summed E-state index contributed by atoms with van der Waals surface area (Å²) in [7, 11) is 1.62. The molecular weight excluding hydrogens is 206 g/mol. The molecule has 0 saturated carbocycles. The van der Waals surface area contributed by atoms with Gasteiger partial charge >= 0.3 is 5.97 Å². The second-order valence-electron chi connectivity index (χ2n) is 3.62. The van der Waals surface area contributed by atoms with Gasteiger partial charge in [-0.05, 0) is 12.0 Å². The Bertz CT molecular complexity index is 362. The number of rotatable bonds is 5. The van der Waals surface area contributed by atoms with E-state index in [4.69, 9.17) is 5.11 Å². The number of nitrogens with zero attached hydrogens (tertiary/aromatic N) is 1. The third-order valence-electron chi connectivity index (χ3n) is 2.31. The predicted molar refractivity (Wildman–Crippen MR) is 60.0 cm³/mol. The largest absolute Gasteiger partial charge is 0.481 e. The van der Waals surface area contributed by atoms with E-state index in [2.05, 4.69) is 0 Å².